The maximum atomic E-state index is 11.8. The van der Waals surface area contributed by atoms with E-state index >= 15 is 0 Å². The zero-order valence-corrected chi connectivity index (χ0v) is 14.3. The number of aromatic nitrogens is 1. The van der Waals surface area contributed by atoms with Gasteiger partial charge in [0.15, 0.2) is 0 Å². The van der Waals surface area contributed by atoms with Gasteiger partial charge in [0.05, 0.1) is 5.69 Å². The molecule has 2 unspecified atom stereocenters. The van der Waals surface area contributed by atoms with Crippen LogP contribution in [0.25, 0.3) is 6.08 Å². The van der Waals surface area contributed by atoms with Crippen LogP contribution in [0, 0.1) is 0 Å². The smallest absolute Gasteiger partial charge is 0.347 e. The number of carbonyl (C=O) groups is 2. The Hall–Kier alpha value is -3.15. The molecule has 1 saturated heterocycles. The fourth-order valence-corrected chi connectivity index (χ4v) is 2.48. The third kappa shape index (κ3) is 4.92. The lowest BCUT2D eigenvalue weighted by Gasteiger charge is -2.06. The minimum Gasteiger partial charge on any atom is -0.487 e. The van der Waals surface area contributed by atoms with Crippen LogP contribution in [0.15, 0.2) is 54.7 Å². The standard InChI is InChI=1S/C20H19NO5/c1-14-12-18(20(23)25-14)26-19(22)10-7-15-5-8-17(9-6-15)24-13-16-4-2-3-11-21-16/h2-11,14,18H,12-13H2,1H3/b10-7+. The maximum absolute atomic E-state index is 11.8. The molecule has 1 aromatic heterocycles. The monoisotopic (exact) mass is 353 g/mol. The summed E-state index contributed by atoms with van der Waals surface area (Å²) in [6.07, 6.45) is 3.99. The molecular weight excluding hydrogens is 334 g/mol. The second-order valence-corrected chi connectivity index (χ2v) is 5.92. The van der Waals surface area contributed by atoms with Crippen molar-refractivity contribution in [2.45, 2.75) is 32.2 Å². The zero-order valence-electron chi connectivity index (χ0n) is 14.3. The van der Waals surface area contributed by atoms with E-state index in [2.05, 4.69) is 4.98 Å². The molecule has 134 valence electrons. The number of hydrogen-bond donors (Lipinski definition) is 0. The first kappa shape index (κ1) is 17.7. The van der Waals surface area contributed by atoms with Crippen LogP contribution >= 0.6 is 0 Å². The fraction of sp³-hybridized carbons (Fsp3) is 0.250. The van der Waals surface area contributed by atoms with E-state index in [0.29, 0.717) is 18.8 Å². The predicted octanol–water partition coefficient (Wildman–Crippen LogP) is 2.92. The normalized spacial score (nSPS) is 19.3. The van der Waals surface area contributed by atoms with Crippen molar-refractivity contribution in [2.24, 2.45) is 0 Å². The Morgan fingerprint density at radius 2 is 2.08 bits per heavy atom. The van der Waals surface area contributed by atoms with Crippen molar-refractivity contribution in [3.8, 4) is 5.75 Å². The average molecular weight is 353 g/mol. The van der Waals surface area contributed by atoms with Crippen molar-refractivity contribution in [1.82, 2.24) is 4.98 Å². The number of hydrogen-bond acceptors (Lipinski definition) is 6. The highest BCUT2D eigenvalue weighted by Crippen LogP contribution is 2.18. The zero-order chi connectivity index (χ0) is 18.4. The molecule has 26 heavy (non-hydrogen) atoms. The van der Waals surface area contributed by atoms with Gasteiger partial charge in [0.2, 0.25) is 6.10 Å². The summed E-state index contributed by atoms with van der Waals surface area (Å²) in [4.78, 5) is 27.4. The van der Waals surface area contributed by atoms with Gasteiger partial charge in [-0.3, -0.25) is 4.98 Å². The Morgan fingerprint density at radius 1 is 1.27 bits per heavy atom. The van der Waals surface area contributed by atoms with E-state index in [0.717, 1.165) is 11.3 Å². The van der Waals surface area contributed by atoms with Crippen LogP contribution in [0.3, 0.4) is 0 Å². The molecule has 0 N–H and O–H groups in total. The second-order valence-electron chi connectivity index (χ2n) is 5.92. The van der Waals surface area contributed by atoms with Crippen molar-refractivity contribution in [3.05, 3.63) is 66.0 Å². The van der Waals surface area contributed by atoms with Crippen molar-refractivity contribution in [3.63, 3.8) is 0 Å². The van der Waals surface area contributed by atoms with Crippen LogP contribution < -0.4 is 4.74 Å². The number of nitrogens with zero attached hydrogens (tertiary/aromatic N) is 1. The van der Waals surface area contributed by atoms with Gasteiger partial charge < -0.3 is 14.2 Å². The molecule has 2 heterocycles. The average Bonchev–Trinajstić information content (AvgIpc) is 2.97. The number of pyridine rings is 1. The first-order chi connectivity index (χ1) is 12.6. The molecule has 1 aliphatic rings. The van der Waals surface area contributed by atoms with Crippen LogP contribution in [0.4, 0.5) is 0 Å². The summed E-state index contributed by atoms with van der Waals surface area (Å²) < 4.78 is 15.7. The molecule has 2 atom stereocenters. The van der Waals surface area contributed by atoms with Gasteiger partial charge in [0, 0.05) is 18.7 Å². The number of cyclic esters (lactones) is 1. The van der Waals surface area contributed by atoms with Crippen molar-refractivity contribution < 1.29 is 23.8 Å². The van der Waals surface area contributed by atoms with Crippen molar-refractivity contribution in [2.75, 3.05) is 0 Å². The third-order valence-electron chi connectivity index (χ3n) is 3.79. The van der Waals surface area contributed by atoms with Gasteiger partial charge in [-0.25, -0.2) is 9.59 Å². The molecule has 0 radical (unpaired) electrons. The lowest BCUT2D eigenvalue weighted by molar-refractivity contribution is -0.157. The van der Waals surface area contributed by atoms with E-state index in [1.807, 2.05) is 42.5 Å². The Kier molecular flexibility index (Phi) is 5.63. The summed E-state index contributed by atoms with van der Waals surface area (Å²) >= 11 is 0. The Balaban J connectivity index is 1.49. The van der Waals surface area contributed by atoms with Gasteiger partial charge in [-0.05, 0) is 42.8 Å². The lowest BCUT2D eigenvalue weighted by atomic mass is 10.2. The van der Waals surface area contributed by atoms with Crippen LogP contribution in [-0.4, -0.2) is 29.1 Å². The molecule has 0 amide bonds. The molecule has 6 heteroatoms. The predicted molar refractivity (Wildman–Crippen MR) is 94.1 cm³/mol. The van der Waals surface area contributed by atoms with Gasteiger partial charge in [-0.15, -0.1) is 0 Å². The molecule has 2 aromatic rings. The molecular formula is C20H19NO5. The SMILES string of the molecule is CC1CC(OC(=O)/C=C/c2ccc(OCc3ccccn3)cc2)C(=O)O1. The van der Waals surface area contributed by atoms with E-state index in [4.69, 9.17) is 14.2 Å². The molecule has 3 rings (SSSR count). The van der Waals surface area contributed by atoms with Crippen molar-refractivity contribution in [1.29, 1.82) is 0 Å². The Labute approximate surface area is 151 Å². The van der Waals surface area contributed by atoms with E-state index in [1.54, 1.807) is 19.2 Å². The van der Waals surface area contributed by atoms with E-state index in [9.17, 15) is 9.59 Å². The molecule has 1 fully saturated rings. The highest BCUT2D eigenvalue weighted by molar-refractivity contribution is 5.89. The van der Waals surface area contributed by atoms with Crippen LogP contribution in [-0.2, 0) is 25.7 Å². The highest BCUT2D eigenvalue weighted by atomic mass is 16.6. The Morgan fingerprint density at radius 3 is 2.73 bits per heavy atom. The first-order valence-corrected chi connectivity index (χ1v) is 8.32. The van der Waals surface area contributed by atoms with Gasteiger partial charge in [0.25, 0.3) is 0 Å². The van der Waals surface area contributed by atoms with E-state index in [-0.39, 0.29) is 6.10 Å². The topological polar surface area (TPSA) is 74.7 Å². The van der Waals surface area contributed by atoms with Gasteiger partial charge in [-0.2, -0.15) is 0 Å². The second kappa shape index (κ2) is 8.29. The summed E-state index contributed by atoms with van der Waals surface area (Å²) in [5, 5.41) is 0. The lowest BCUT2D eigenvalue weighted by Crippen LogP contribution is -2.21. The van der Waals surface area contributed by atoms with Crippen LogP contribution in [0.2, 0.25) is 0 Å². The number of esters is 2. The Bertz CT molecular complexity index is 786. The third-order valence-corrected chi connectivity index (χ3v) is 3.79. The summed E-state index contributed by atoms with van der Waals surface area (Å²) in [6.45, 7) is 2.15. The van der Waals surface area contributed by atoms with Gasteiger partial charge in [-0.1, -0.05) is 18.2 Å². The molecule has 1 aromatic carbocycles. The molecule has 0 bridgehead atoms. The molecule has 6 nitrogen and oxygen atoms in total. The molecule has 0 spiro atoms. The summed E-state index contributed by atoms with van der Waals surface area (Å²) in [6, 6.07) is 12.9. The van der Waals surface area contributed by atoms with Gasteiger partial charge >= 0.3 is 11.9 Å². The minimum atomic E-state index is -0.815. The van der Waals surface area contributed by atoms with Crippen LogP contribution in [0.1, 0.15) is 24.6 Å². The number of rotatable bonds is 6. The summed E-state index contributed by atoms with van der Waals surface area (Å²) in [5.74, 6) is -0.358. The quantitative estimate of drug-likeness (QED) is 0.587. The number of carbonyl (C=O) groups excluding carboxylic acids is 2. The fourth-order valence-electron chi connectivity index (χ4n) is 2.48. The van der Waals surface area contributed by atoms with Crippen molar-refractivity contribution >= 4 is 18.0 Å². The summed E-state index contributed by atoms with van der Waals surface area (Å²) in [7, 11) is 0. The molecule has 0 aliphatic carbocycles. The molecule has 1 aliphatic heterocycles. The maximum Gasteiger partial charge on any atom is 0.347 e. The van der Waals surface area contributed by atoms with Crippen LogP contribution in [0.5, 0.6) is 5.75 Å². The summed E-state index contributed by atoms with van der Waals surface area (Å²) in [5.41, 5.74) is 1.66. The van der Waals surface area contributed by atoms with Gasteiger partial charge in [0.1, 0.15) is 18.5 Å². The van der Waals surface area contributed by atoms with E-state index < -0.39 is 18.0 Å². The van der Waals surface area contributed by atoms with E-state index in [1.165, 1.54) is 6.08 Å². The minimum absolute atomic E-state index is 0.220. The number of ether oxygens (including phenoxy) is 3. The largest absolute Gasteiger partial charge is 0.487 e. The highest BCUT2D eigenvalue weighted by Gasteiger charge is 2.34. The number of benzene rings is 1. The first-order valence-electron chi connectivity index (χ1n) is 8.32. The molecule has 0 saturated carbocycles.